The van der Waals surface area contributed by atoms with E-state index in [1.807, 2.05) is 18.4 Å². The van der Waals surface area contributed by atoms with Crippen molar-refractivity contribution in [1.29, 1.82) is 0 Å². The summed E-state index contributed by atoms with van der Waals surface area (Å²) >= 11 is 7.95. The Kier molecular flexibility index (Phi) is 5.03. The van der Waals surface area contributed by atoms with Gasteiger partial charge in [-0.25, -0.2) is 14.4 Å². The highest BCUT2D eigenvalue weighted by Crippen LogP contribution is 2.55. The first kappa shape index (κ1) is 18.6. The Morgan fingerprint density at radius 3 is 2.89 bits per heavy atom. The number of rotatable bonds is 3. The topological polar surface area (TPSA) is 37.7 Å². The number of benzene rings is 1. The molecule has 1 aliphatic heterocycles. The van der Waals surface area contributed by atoms with Gasteiger partial charge in [0.2, 0.25) is 5.88 Å². The van der Waals surface area contributed by atoms with Crippen LogP contribution in [0.2, 0.25) is 5.02 Å². The molecule has 1 aromatic heterocycles. The van der Waals surface area contributed by atoms with E-state index in [-0.39, 0.29) is 16.3 Å². The van der Waals surface area contributed by atoms with Crippen molar-refractivity contribution >= 4 is 34.2 Å². The van der Waals surface area contributed by atoms with Crippen LogP contribution in [-0.4, -0.2) is 41.5 Å². The lowest BCUT2D eigenvalue weighted by Crippen LogP contribution is -2.44. The van der Waals surface area contributed by atoms with Crippen molar-refractivity contribution in [2.45, 2.75) is 18.3 Å². The Morgan fingerprint density at radius 2 is 2.26 bits per heavy atom. The minimum atomic E-state index is -0.337. The third-order valence-electron chi connectivity index (χ3n) is 5.73. The fraction of sp³-hybridized carbons (Fsp3) is 0.400. The van der Waals surface area contributed by atoms with Gasteiger partial charge in [-0.2, -0.15) is 0 Å². The molecule has 4 nitrogen and oxygen atoms in total. The third kappa shape index (κ3) is 3.19. The van der Waals surface area contributed by atoms with Gasteiger partial charge in [0, 0.05) is 24.6 Å². The molecule has 1 aliphatic carbocycles. The highest BCUT2D eigenvalue weighted by Gasteiger charge is 2.55. The first-order chi connectivity index (χ1) is 13.1. The van der Waals surface area contributed by atoms with Crippen LogP contribution in [0.4, 0.5) is 10.1 Å². The maximum atomic E-state index is 14.0. The van der Waals surface area contributed by atoms with E-state index in [0.29, 0.717) is 11.8 Å². The molecule has 142 valence electrons. The largest absolute Gasteiger partial charge is 0.481 e. The van der Waals surface area contributed by atoms with Gasteiger partial charge < -0.3 is 9.64 Å². The average Bonchev–Trinajstić information content (AvgIpc) is 2.94. The summed E-state index contributed by atoms with van der Waals surface area (Å²) < 4.78 is 19.1. The van der Waals surface area contributed by atoms with Crippen LogP contribution in [0.15, 0.2) is 41.5 Å². The molecule has 2 fully saturated rings. The fourth-order valence-corrected chi connectivity index (χ4v) is 5.14. The highest BCUT2D eigenvalue weighted by atomic mass is 35.5. The van der Waals surface area contributed by atoms with E-state index in [4.69, 9.17) is 21.3 Å². The summed E-state index contributed by atoms with van der Waals surface area (Å²) in [5.74, 6) is 0.706. The van der Waals surface area contributed by atoms with Crippen LogP contribution < -0.4 is 4.74 Å². The van der Waals surface area contributed by atoms with E-state index in [2.05, 4.69) is 9.88 Å². The molecule has 1 saturated carbocycles. The molecule has 4 rings (SSSR count). The number of hydrogen-bond acceptors (Lipinski definition) is 4. The van der Waals surface area contributed by atoms with Crippen LogP contribution in [0.25, 0.3) is 0 Å². The van der Waals surface area contributed by atoms with E-state index < -0.39 is 0 Å². The number of hydrogen-bond donors (Lipinski definition) is 0. The van der Waals surface area contributed by atoms with Gasteiger partial charge in [0.25, 0.3) is 0 Å². The summed E-state index contributed by atoms with van der Waals surface area (Å²) in [4.78, 5) is 11.3. The molecule has 7 heteroatoms. The molecule has 0 bridgehead atoms. The second-order valence-corrected chi connectivity index (χ2v) is 8.18. The number of nitrogens with zero attached hydrogens (tertiary/aromatic N) is 3. The number of aromatic nitrogens is 1. The summed E-state index contributed by atoms with van der Waals surface area (Å²) in [6.07, 6.45) is 5.90. The lowest BCUT2D eigenvalue weighted by molar-refractivity contribution is 0.181. The Labute approximate surface area is 167 Å². The molecule has 1 saturated heterocycles. The minimum absolute atomic E-state index is 0.0756. The van der Waals surface area contributed by atoms with Gasteiger partial charge in [0.05, 0.1) is 24.0 Å². The zero-order valence-corrected chi connectivity index (χ0v) is 16.9. The van der Waals surface area contributed by atoms with Gasteiger partial charge in [-0.05, 0) is 42.7 Å². The lowest BCUT2D eigenvalue weighted by Gasteiger charge is -2.44. The lowest BCUT2D eigenvalue weighted by atomic mass is 9.58. The van der Waals surface area contributed by atoms with Crippen LogP contribution >= 0.6 is 23.4 Å². The van der Waals surface area contributed by atoms with E-state index in [1.54, 1.807) is 37.2 Å². The third-order valence-corrected chi connectivity index (χ3v) is 6.83. The van der Waals surface area contributed by atoms with E-state index >= 15 is 0 Å². The molecule has 2 aromatic rings. The van der Waals surface area contributed by atoms with Crippen LogP contribution in [-0.2, 0) is 5.41 Å². The van der Waals surface area contributed by atoms with Crippen molar-refractivity contribution in [3.63, 3.8) is 0 Å². The zero-order chi connectivity index (χ0) is 19.0. The quantitative estimate of drug-likeness (QED) is 0.538. The van der Waals surface area contributed by atoms with Crippen molar-refractivity contribution in [3.05, 3.63) is 52.9 Å². The Hall–Kier alpha value is -1.79. The normalized spacial score (nSPS) is 24.5. The van der Waals surface area contributed by atoms with Crippen molar-refractivity contribution in [3.8, 4) is 5.88 Å². The van der Waals surface area contributed by atoms with Crippen molar-refractivity contribution < 1.29 is 9.13 Å². The number of fused-ring (bicyclic) bond motifs is 1. The predicted molar refractivity (Wildman–Crippen MR) is 109 cm³/mol. The van der Waals surface area contributed by atoms with E-state index in [9.17, 15) is 4.39 Å². The summed E-state index contributed by atoms with van der Waals surface area (Å²) in [6.45, 7) is 1.72. The maximum Gasteiger partial charge on any atom is 0.213 e. The Morgan fingerprint density at radius 1 is 1.41 bits per heavy atom. The molecule has 2 atom stereocenters. The second-order valence-electron chi connectivity index (χ2n) is 7.03. The van der Waals surface area contributed by atoms with Crippen molar-refractivity contribution in [1.82, 2.24) is 9.88 Å². The molecular formula is C20H21ClFN3OS. The molecule has 0 spiro atoms. The average molecular weight is 406 g/mol. The fourth-order valence-electron chi connectivity index (χ4n) is 4.23. The minimum Gasteiger partial charge on any atom is -0.481 e. The number of aliphatic imine (C=N–C) groups is 1. The standard InChI is InChI=1S/C20H21ClFN3OS/c1-26-17-7-6-14(10-23-17)24-19(27-2)25-11-13-8-9-20(13,12-25)15-4-3-5-16(22)18(15)21/h3-7,10,13H,8-9,11-12H2,1-2H3/b24-19+/t13-,20-/m0/s1. The van der Waals surface area contributed by atoms with E-state index in [1.165, 1.54) is 6.07 Å². The van der Waals surface area contributed by atoms with Gasteiger partial charge in [-0.1, -0.05) is 35.5 Å². The SMILES string of the molecule is COc1ccc(/N=C(/SC)N2C[C@@H]3CC[C@]3(c3cccc(F)c3Cl)C2)cn1. The number of thioether (sulfide) groups is 1. The Balaban J connectivity index is 1.61. The highest BCUT2D eigenvalue weighted by molar-refractivity contribution is 8.13. The summed E-state index contributed by atoms with van der Waals surface area (Å²) in [5.41, 5.74) is 1.65. The molecule has 0 unspecified atom stereocenters. The zero-order valence-electron chi connectivity index (χ0n) is 15.3. The van der Waals surface area contributed by atoms with Gasteiger partial charge in [-0.3, -0.25) is 0 Å². The van der Waals surface area contributed by atoms with Gasteiger partial charge in [0.1, 0.15) is 5.82 Å². The molecule has 1 aromatic carbocycles. The maximum absolute atomic E-state index is 14.0. The smallest absolute Gasteiger partial charge is 0.213 e. The number of likely N-dealkylation sites (tertiary alicyclic amines) is 1. The monoisotopic (exact) mass is 405 g/mol. The molecule has 0 N–H and O–H groups in total. The van der Waals surface area contributed by atoms with E-state index in [0.717, 1.165) is 42.3 Å². The Bertz CT molecular complexity index is 876. The molecule has 2 aliphatic rings. The van der Waals surface area contributed by atoms with Crippen molar-refractivity contribution in [2.75, 3.05) is 26.5 Å². The molecular weight excluding hydrogens is 385 g/mol. The van der Waals surface area contributed by atoms with Crippen LogP contribution in [0.1, 0.15) is 18.4 Å². The number of ether oxygens (including phenoxy) is 1. The number of halogens is 2. The van der Waals surface area contributed by atoms with Gasteiger partial charge >= 0.3 is 0 Å². The summed E-state index contributed by atoms with van der Waals surface area (Å²) in [6, 6.07) is 8.86. The van der Waals surface area contributed by atoms with Crippen LogP contribution in [0, 0.1) is 11.7 Å². The second kappa shape index (κ2) is 7.32. The first-order valence-corrected chi connectivity index (χ1v) is 10.5. The van der Waals surface area contributed by atoms with Gasteiger partial charge in [0.15, 0.2) is 5.17 Å². The van der Waals surface area contributed by atoms with Crippen LogP contribution in [0.5, 0.6) is 5.88 Å². The number of methoxy groups -OCH3 is 1. The summed E-state index contributed by atoms with van der Waals surface area (Å²) in [5, 5.41) is 1.22. The van der Waals surface area contributed by atoms with Crippen LogP contribution in [0.3, 0.4) is 0 Å². The number of amidine groups is 1. The van der Waals surface area contributed by atoms with Gasteiger partial charge in [-0.15, -0.1) is 0 Å². The predicted octanol–water partition coefficient (Wildman–Crippen LogP) is 4.90. The molecule has 0 amide bonds. The molecule has 0 radical (unpaired) electrons. The van der Waals surface area contributed by atoms with Crippen molar-refractivity contribution in [2.24, 2.45) is 10.9 Å². The number of pyridine rings is 1. The molecule has 2 heterocycles. The first-order valence-electron chi connectivity index (χ1n) is 8.89. The molecule has 27 heavy (non-hydrogen) atoms. The summed E-state index contributed by atoms with van der Waals surface area (Å²) in [7, 11) is 1.59.